The molecule has 24 heavy (non-hydrogen) atoms. The topological polar surface area (TPSA) is 114 Å². The second-order valence-electron chi connectivity index (χ2n) is 5.85. The Labute approximate surface area is 137 Å². The number of hydrogen-bond donors (Lipinski definition) is 3. The van der Waals surface area contributed by atoms with Crippen LogP contribution in [0.1, 0.15) is 23.8 Å². The fourth-order valence-electron chi connectivity index (χ4n) is 3.10. The van der Waals surface area contributed by atoms with E-state index in [9.17, 15) is 15.3 Å². The molecular weight excluding hydrogens is 314 g/mol. The van der Waals surface area contributed by atoms with Gasteiger partial charge in [0.05, 0.1) is 12.0 Å². The molecule has 1 saturated heterocycles. The Bertz CT molecular complexity index is 847. The smallest absolute Gasteiger partial charge is 0.164 e. The molecule has 0 radical (unpaired) electrons. The van der Waals surface area contributed by atoms with Gasteiger partial charge in [0.25, 0.3) is 0 Å². The molecule has 3 aromatic heterocycles. The lowest BCUT2D eigenvalue weighted by atomic mass is 10.0. The van der Waals surface area contributed by atoms with Gasteiger partial charge in [-0.25, -0.2) is 9.97 Å². The van der Waals surface area contributed by atoms with Gasteiger partial charge in [0.15, 0.2) is 6.23 Å². The zero-order valence-corrected chi connectivity index (χ0v) is 12.9. The van der Waals surface area contributed by atoms with Crippen LogP contribution in [0.5, 0.6) is 0 Å². The molecule has 5 atom stereocenters. The number of aryl methyl sites for hydroxylation is 1. The quantitative estimate of drug-likeness (QED) is 0.647. The minimum atomic E-state index is -1.27. The molecule has 0 bridgehead atoms. The Morgan fingerprint density at radius 3 is 2.79 bits per heavy atom. The van der Waals surface area contributed by atoms with Gasteiger partial charge in [-0.1, -0.05) is 0 Å². The summed E-state index contributed by atoms with van der Waals surface area (Å²) in [4.78, 5) is 8.35. The van der Waals surface area contributed by atoms with E-state index >= 15 is 0 Å². The lowest BCUT2D eigenvalue weighted by molar-refractivity contribution is -0.0903. The number of hydrogen-bond acceptors (Lipinski definition) is 7. The van der Waals surface area contributed by atoms with Crippen molar-refractivity contribution in [3.63, 3.8) is 0 Å². The van der Waals surface area contributed by atoms with Crippen LogP contribution in [0.4, 0.5) is 0 Å². The summed E-state index contributed by atoms with van der Waals surface area (Å²) in [7, 11) is 0. The molecule has 4 heterocycles. The van der Waals surface area contributed by atoms with Crippen molar-refractivity contribution < 1.29 is 24.5 Å². The first-order valence-corrected chi connectivity index (χ1v) is 7.59. The van der Waals surface area contributed by atoms with E-state index in [-0.39, 0.29) is 5.76 Å². The minimum Gasteiger partial charge on any atom is -0.466 e. The van der Waals surface area contributed by atoms with Gasteiger partial charge in [0, 0.05) is 11.6 Å². The predicted octanol–water partition coefficient (Wildman–Crippen LogP) is 0.686. The molecular formula is C16H17N3O5. The summed E-state index contributed by atoms with van der Waals surface area (Å²) >= 11 is 0. The van der Waals surface area contributed by atoms with E-state index in [0.29, 0.717) is 5.65 Å². The van der Waals surface area contributed by atoms with E-state index in [1.54, 1.807) is 22.9 Å². The number of ether oxygens (including phenoxy) is 1. The summed E-state index contributed by atoms with van der Waals surface area (Å²) < 4.78 is 12.5. The van der Waals surface area contributed by atoms with E-state index in [4.69, 9.17) is 9.15 Å². The first-order valence-electron chi connectivity index (χ1n) is 7.59. The van der Waals surface area contributed by atoms with Crippen LogP contribution in [0.25, 0.3) is 11.0 Å². The van der Waals surface area contributed by atoms with Gasteiger partial charge in [0.1, 0.15) is 42.2 Å². The van der Waals surface area contributed by atoms with Crippen LogP contribution in [0.15, 0.2) is 41.4 Å². The number of aliphatic hydroxyl groups excluding tert-OH is 3. The van der Waals surface area contributed by atoms with Crippen molar-refractivity contribution in [3.8, 4) is 0 Å². The van der Waals surface area contributed by atoms with E-state index in [1.807, 2.05) is 13.0 Å². The highest BCUT2D eigenvalue weighted by Gasteiger charge is 2.48. The van der Waals surface area contributed by atoms with Crippen LogP contribution in [-0.2, 0) is 4.74 Å². The summed E-state index contributed by atoms with van der Waals surface area (Å²) in [6.07, 6.45) is -0.991. The van der Waals surface area contributed by atoms with Crippen LogP contribution in [0.2, 0.25) is 0 Å². The third-order valence-corrected chi connectivity index (χ3v) is 4.40. The van der Waals surface area contributed by atoms with E-state index in [0.717, 1.165) is 11.1 Å². The number of rotatable bonds is 3. The number of fused-ring (bicyclic) bond motifs is 1. The number of furan rings is 1. The first kappa shape index (κ1) is 15.3. The zero-order valence-electron chi connectivity index (χ0n) is 12.9. The van der Waals surface area contributed by atoms with Crippen LogP contribution < -0.4 is 0 Å². The summed E-state index contributed by atoms with van der Waals surface area (Å²) in [5.41, 5.74) is 1.39. The Morgan fingerprint density at radius 1 is 1.21 bits per heavy atom. The average Bonchev–Trinajstić information content (AvgIpc) is 3.29. The third-order valence-electron chi connectivity index (χ3n) is 4.40. The molecule has 1 fully saturated rings. The molecule has 1 aliphatic heterocycles. The van der Waals surface area contributed by atoms with Crippen LogP contribution >= 0.6 is 0 Å². The SMILES string of the molecule is Cc1ncnc2c1ccn2[C@@H]1O[C@H]([C@@H](O)c2ccco2)[C@@H](O)[C@H]1O. The van der Waals surface area contributed by atoms with Gasteiger partial charge in [0.2, 0.25) is 0 Å². The zero-order chi connectivity index (χ0) is 16.8. The molecule has 0 amide bonds. The summed E-state index contributed by atoms with van der Waals surface area (Å²) in [6.45, 7) is 1.86. The summed E-state index contributed by atoms with van der Waals surface area (Å²) in [5, 5.41) is 31.9. The number of nitrogens with zero attached hydrogens (tertiary/aromatic N) is 3. The molecule has 0 aliphatic carbocycles. The molecule has 3 N–H and O–H groups in total. The maximum atomic E-state index is 10.4. The van der Waals surface area contributed by atoms with Gasteiger partial charge < -0.3 is 29.0 Å². The molecule has 8 heteroatoms. The highest BCUT2D eigenvalue weighted by molar-refractivity contribution is 5.78. The molecule has 0 saturated carbocycles. The van der Waals surface area contributed by atoms with Gasteiger partial charge in [-0.3, -0.25) is 0 Å². The van der Waals surface area contributed by atoms with E-state index < -0.39 is 30.6 Å². The Balaban J connectivity index is 1.68. The van der Waals surface area contributed by atoms with Gasteiger partial charge >= 0.3 is 0 Å². The fourth-order valence-corrected chi connectivity index (χ4v) is 3.10. The molecule has 8 nitrogen and oxygen atoms in total. The standard InChI is InChI=1S/C16H17N3O5/c1-8-9-4-5-19(15(9)18-7-17-8)16-13(22)12(21)14(24-16)11(20)10-3-2-6-23-10/h2-7,11-14,16,20-22H,1H3/t11-,12-,13+,14+,16+/m0/s1. The number of aromatic nitrogens is 3. The molecule has 0 spiro atoms. The average molecular weight is 331 g/mol. The van der Waals surface area contributed by atoms with Crippen LogP contribution in [0.3, 0.4) is 0 Å². The second kappa shape index (κ2) is 5.67. The fraction of sp³-hybridized carbons (Fsp3) is 0.375. The second-order valence-corrected chi connectivity index (χ2v) is 5.85. The van der Waals surface area contributed by atoms with Gasteiger partial charge in [-0.2, -0.15) is 0 Å². The van der Waals surface area contributed by atoms with Crippen molar-refractivity contribution in [2.24, 2.45) is 0 Å². The van der Waals surface area contributed by atoms with Crippen molar-refractivity contribution in [2.45, 2.75) is 37.6 Å². The van der Waals surface area contributed by atoms with Crippen molar-refractivity contribution in [1.29, 1.82) is 0 Å². The predicted molar refractivity (Wildman–Crippen MR) is 81.9 cm³/mol. The lowest BCUT2D eigenvalue weighted by Gasteiger charge is -2.19. The lowest BCUT2D eigenvalue weighted by Crippen LogP contribution is -2.34. The van der Waals surface area contributed by atoms with Crippen molar-refractivity contribution >= 4 is 11.0 Å². The highest BCUT2D eigenvalue weighted by atomic mass is 16.6. The highest BCUT2D eigenvalue weighted by Crippen LogP contribution is 2.37. The van der Waals surface area contributed by atoms with Crippen LogP contribution in [0, 0.1) is 6.92 Å². The molecule has 1 aliphatic rings. The molecule has 126 valence electrons. The van der Waals surface area contributed by atoms with E-state index in [2.05, 4.69) is 9.97 Å². The summed E-state index contributed by atoms with van der Waals surface area (Å²) in [5.74, 6) is 0.266. The van der Waals surface area contributed by atoms with Crippen LogP contribution in [-0.4, -0.2) is 48.2 Å². The van der Waals surface area contributed by atoms with Crippen molar-refractivity contribution in [3.05, 3.63) is 48.4 Å². The Kier molecular flexibility index (Phi) is 3.61. The number of aliphatic hydroxyl groups is 3. The monoisotopic (exact) mass is 331 g/mol. The summed E-state index contributed by atoms with van der Waals surface area (Å²) in [6, 6.07) is 5.04. The van der Waals surface area contributed by atoms with Gasteiger partial charge in [-0.05, 0) is 25.1 Å². The molecule has 0 aromatic carbocycles. The molecule has 0 unspecified atom stereocenters. The van der Waals surface area contributed by atoms with Crippen molar-refractivity contribution in [2.75, 3.05) is 0 Å². The minimum absolute atomic E-state index is 0.266. The first-order chi connectivity index (χ1) is 11.6. The molecule has 3 aromatic rings. The Hall–Kier alpha value is -2.26. The molecule has 4 rings (SSSR count). The van der Waals surface area contributed by atoms with E-state index in [1.165, 1.54) is 12.6 Å². The van der Waals surface area contributed by atoms with Gasteiger partial charge in [-0.15, -0.1) is 0 Å². The third kappa shape index (κ3) is 2.23. The maximum absolute atomic E-state index is 10.4. The maximum Gasteiger partial charge on any atom is 0.164 e. The normalized spacial score (nSPS) is 28.5. The Morgan fingerprint density at radius 2 is 2.04 bits per heavy atom. The largest absolute Gasteiger partial charge is 0.466 e. The van der Waals surface area contributed by atoms with Crippen molar-refractivity contribution in [1.82, 2.24) is 14.5 Å².